The topological polar surface area (TPSA) is 22.1 Å². The zero-order valence-electron chi connectivity index (χ0n) is 14.1. The van der Waals surface area contributed by atoms with Crippen LogP contribution in [-0.4, -0.2) is 11.6 Å². The molecule has 4 rings (SSSR count). The van der Waals surface area contributed by atoms with E-state index in [9.17, 15) is 0 Å². The van der Waals surface area contributed by atoms with E-state index in [1.165, 1.54) is 16.5 Å². The van der Waals surface area contributed by atoms with Crippen molar-refractivity contribution in [3.05, 3.63) is 84.9 Å². The molecule has 0 aliphatic heterocycles. The maximum absolute atomic E-state index is 5.54. The lowest BCUT2D eigenvalue weighted by Gasteiger charge is -2.11. The quantitative estimate of drug-likeness (QED) is 0.461. The average molecular weight is 325 g/mol. The van der Waals surface area contributed by atoms with Gasteiger partial charge in [-0.05, 0) is 54.4 Å². The van der Waals surface area contributed by atoms with Crippen molar-refractivity contribution in [2.24, 2.45) is 0 Å². The van der Waals surface area contributed by atoms with Gasteiger partial charge in [0, 0.05) is 10.9 Å². The van der Waals surface area contributed by atoms with Crippen molar-refractivity contribution in [1.82, 2.24) is 4.98 Å². The first kappa shape index (κ1) is 15.4. The Hall–Kier alpha value is -3.13. The van der Waals surface area contributed by atoms with Crippen LogP contribution < -0.4 is 4.74 Å². The van der Waals surface area contributed by atoms with Crippen molar-refractivity contribution in [3.63, 3.8) is 0 Å². The van der Waals surface area contributed by atoms with Crippen LogP contribution in [0.15, 0.2) is 84.9 Å². The molecule has 25 heavy (non-hydrogen) atoms. The number of para-hydroxylation sites is 1. The number of benzene rings is 3. The summed E-state index contributed by atoms with van der Waals surface area (Å²) < 4.78 is 5.54. The Labute approximate surface area is 147 Å². The van der Waals surface area contributed by atoms with Crippen LogP contribution in [0.5, 0.6) is 5.75 Å². The minimum absolute atomic E-state index is 0.672. The van der Waals surface area contributed by atoms with Gasteiger partial charge in [-0.3, -0.25) is 0 Å². The lowest BCUT2D eigenvalue weighted by Crippen LogP contribution is -1.92. The molecular formula is C23H19NO. The Balaban J connectivity index is 1.88. The van der Waals surface area contributed by atoms with Crippen LogP contribution in [0.3, 0.4) is 0 Å². The average Bonchev–Trinajstić information content (AvgIpc) is 2.69. The second kappa shape index (κ2) is 6.78. The highest BCUT2D eigenvalue weighted by molar-refractivity contribution is 5.96. The zero-order valence-corrected chi connectivity index (χ0v) is 14.1. The molecule has 1 heterocycles. The number of hydrogen-bond donors (Lipinski definition) is 0. The summed E-state index contributed by atoms with van der Waals surface area (Å²) in [5.74, 6) is 0.885. The van der Waals surface area contributed by atoms with Crippen molar-refractivity contribution < 1.29 is 4.74 Å². The number of hydrogen-bond acceptors (Lipinski definition) is 2. The second-order valence-corrected chi connectivity index (χ2v) is 5.90. The highest BCUT2D eigenvalue weighted by Crippen LogP contribution is 2.32. The van der Waals surface area contributed by atoms with Gasteiger partial charge in [0.05, 0.1) is 17.8 Å². The van der Waals surface area contributed by atoms with E-state index in [0.29, 0.717) is 6.61 Å². The third-order valence-corrected chi connectivity index (χ3v) is 4.26. The van der Waals surface area contributed by atoms with Crippen molar-refractivity contribution >= 4 is 10.9 Å². The number of rotatable bonds is 4. The molecule has 2 heteroatoms. The lowest BCUT2D eigenvalue weighted by molar-refractivity contribution is 0.340. The molecule has 0 amide bonds. The van der Waals surface area contributed by atoms with Crippen LogP contribution in [0, 0.1) is 0 Å². The smallest absolute Gasteiger partial charge is 0.119 e. The molecule has 0 bridgehead atoms. The van der Waals surface area contributed by atoms with Gasteiger partial charge in [0.25, 0.3) is 0 Å². The third-order valence-electron chi connectivity index (χ3n) is 4.26. The Kier molecular flexibility index (Phi) is 4.17. The summed E-state index contributed by atoms with van der Waals surface area (Å²) in [6.45, 7) is 2.66. The minimum Gasteiger partial charge on any atom is -0.494 e. The van der Waals surface area contributed by atoms with Crippen LogP contribution in [0.4, 0.5) is 0 Å². The summed E-state index contributed by atoms with van der Waals surface area (Å²) >= 11 is 0. The van der Waals surface area contributed by atoms with Gasteiger partial charge in [-0.15, -0.1) is 0 Å². The van der Waals surface area contributed by atoms with E-state index in [4.69, 9.17) is 9.72 Å². The first-order valence-corrected chi connectivity index (χ1v) is 8.53. The largest absolute Gasteiger partial charge is 0.494 e. The van der Waals surface area contributed by atoms with Crippen LogP contribution in [-0.2, 0) is 0 Å². The highest BCUT2D eigenvalue weighted by atomic mass is 16.5. The second-order valence-electron chi connectivity index (χ2n) is 5.90. The molecule has 1 aromatic heterocycles. The predicted octanol–water partition coefficient (Wildman–Crippen LogP) is 5.97. The van der Waals surface area contributed by atoms with Crippen molar-refractivity contribution in [2.75, 3.05) is 6.61 Å². The summed E-state index contributed by atoms with van der Waals surface area (Å²) in [6.07, 6.45) is 0. The molecule has 0 unspecified atom stereocenters. The van der Waals surface area contributed by atoms with Gasteiger partial charge in [0.2, 0.25) is 0 Å². The number of ether oxygens (including phenoxy) is 1. The third kappa shape index (κ3) is 3.11. The van der Waals surface area contributed by atoms with E-state index >= 15 is 0 Å². The predicted molar refractivity (Wildman–Crippen MR) is 104 cm³/mol. The normalized spacial score (nSPS) is 10.8. The van der Waals surface area contributed by atoms with E-state index < -0.39 is 0 Å². The Morgan fingerprint density at radius 2 is 1.48 bits per heavy atom. The first-order valence-electron chi connectivity index (χ1n) is 8.53. The molecule has 0 atom stereocenters. The number of aromatic nitrogens is 1. The molecule has 122 valence electrons. The molecule has 3 aromatic carbocycles. The molecule has 0 aliphatic rings. The van der Waals surface area contributed by atoms with Gasteiger partial charge in [-0.2, -0.15) is 0 Å². The van der Waals surface area contributed by atoms with Crippen molar-refractivity contribution in [3.8, 4) is 28.1 Å². The monoisotopic (exact) mass is 325 g/mol. The molecule has 0 fully saturated rings. The standard InChI is InChI=1S/C23H19NO/c1-2-25-19-14-12-18(13-15-19)23-16-21(17-8-4-3-5-9-17)20-10-6-7-11-22(20)24-23/h3-16H,2H2,1H3. The van der Waals surface area contributed by atoms with Crippen LogP contribution in [0.2, 0.25) is 0 Å². The fourth-order valence-electron chi connectivity index (χ4n) is 3.07. The molecule has 0 saturated carbocycles. The Bertz CT molecular complexity index is 991. The maximum atomic E-state index is 5.54. The molecule has 0 radical (unpaired) electrons. The molecule has 0 aliphatic carbocycles. The van der Waals surface area contributed by atoms with Crippen LogP contribution in [0.1, 0.15) is 6.92 Å². The van der Waals surface area contributed by atoms with Crippen LogP contribution in [0.25, 0.3) is 33.3 Å². The summed E-state index contributed by atoms with van der Waals surface area (Å²) in [5.41, 5.74) is 5.48. The molecular weight excluding hydrogens is 306 g/mol. The Morgan fingerprint density at radius 3 is 2.24 bits per heavy atom. The fraction of sp³-hybridized carbons (Fsp3) is 0.0870. The van der Waals surface area contributed by atoms with E-state index in [2.05, 4.69) is 60.7 Å². The van der Waals surface area contributed by atoms with E-state index in [-0.39, 0.29) is 0 Å². The summed E-state index contributed by atoms with van der Waals surface area (Å²) in [4.78, 5) is 4.87. The van der Waals surface area contributed by atoms with Crippen molar-refractivity contribution in [1.29, 1.82) is 0 Å². The summed E-state index contributed by atoms with van der Waals surface area (Å²) in [5, 5.41) is 1.17. The number of pyridine rings is 1. The first-order chi connectivity index (χ1) is 12.3. The zero-order chi connectivity index (χ0) is 17.1. The molecule has 0 N–H and O–H groups in total. The van der Waals surface area contributed by atoms with E-state index in [0.717, 1.165) is 22.5 Å². The Morgan fingerprint density at radius 1 is 0.760 bits per heavy atom. The van der Waals surface area contributed by atoms with Crippen molar-refractivity contribution in [2.45, 2.75) is 6.92 Å². The van der Waals surface area contributed by atoms with Gasteiger partial charge in [0.1, 0.15) is 5.75 Å². The summed E-state index contributed by atoms with van der Waals surface area (Å²) in [6, 6.07) is 29.1. The van der Waals surface area contributed by atoms with Gasteiger partial charge >= 0.3 is 0 Å². The highest BCUT2D eigenvalue weighted by Gasteiger charge is 2.09. The van der Waals surface area contributed by atoms with Crippen LogP contribution >= 0.6 is 0 Å². The lowest BCUT2D eigenvalue weighted by atomic mass is 9.98. The van der Waals surface area contributed by atoms with Gasteiger partial charge in [-0.25, -0.2) is 4.98 Å². The SMILES string of the molecule is CCOc1ccc(-c2cc(-c3ccccc3)c3ccccc3n2)cc1. The van der Waals surface area contributed by atoms with E-state index in [1.54, 1.807) is 0 Å². The van der Waals surface area contributed by atoms with Gasteiger partial charge < -0.3 is 4.74 Å². The number of fused-ring (bicyclic) bond motifs is 1. The molecule has 0 saturated heterocycles. The maximum Gasteiger partial charge on any atom is 0.119 e. The minimum atomic E-state index is 0.672. The van der Waals surface area contributed by atoms with E-state index in [1.807, 2.05) is 31.2 Å². The fourth-order valence-corrected chi connectivity index (χ4v) is 3.07. The van der Waals surface area contributed by atoms with Gasteiger partial charge in [0.15, 0.2) is 0 Å². The number of nitrogens with zero attached hydrogens (tertiary/aromatic N) is 1. The molecule has 2 nitrogen and oxygen atoms in total. The molecule has 0 spiro atoms. The molecule has 4 aromatic rings. The summed E-state index contributed by atoms with van der Waals surface area (Å²) in [7, 11) is 0. The van der Waals surface area contributed by atoms with Gasteiger partial charge in [-0.1, -0.05) is 48.5 Å².